The van der Waals surface area contributed by atoms with Gasteiger partial charge in [0.05, 0.1) is 18.8 Å². The maximum absolute atomic E-state index is 14.1. The van der Waals surface area contributed by atoms with Gasteiger partial charge in [-0.1, -0.05) is 55.5 Å². The molecule has 252 valence electrons. The standard InChI is InChI=1S/C35H31F5N2O5S/c1-18-26(17-48-25-13-11-24(12-14-25)42-19(2)44)46-35(47-33(18)22-7-5-21(16-43)6-8-22)23-9-3-20(4-10-23)15-41-34(45)27-28(36)30(38)32(40)31(39)29(27)37/h3-14,18,26,33,35,43H,15-17H2,1-2H3,(H,41,45)(H,42,44)/t18-,26+,33+,35+/m0/s1. The smallest absolute Gasteiger partial charge is 0.257 e. The van der Waals surface area contributed by atoms with Gasteiger partial charge in [0.25, 0.3) is 5.91 Å². The molecular weight excluding hydrogens is 655 g/mol. The van der Waals surface area contributed by atoms with E-state index in [1.807, 2.05) is 55.5 Å². The second-order valence-corrected chi connectivity index (χ2v) is 12.3. The predicted octanol–water partition coefficient (Wildman–Crippen LogP) is 7.35. The second kappa shape index (κ2) is 15.3. The molecule has 1 saturated heterocycles. The van der Waals surface area contributed by atoms with Crippen LogP contribution in [0.3, 0.4) is 0 Å². The summed E-state index contributed by atoms with van der Waals surface area (Å²) in [6, 6.07) is 21.5. The Balaban J connectivity index is 1.30. The molecule has 1 fully saturated rings. The molecule has 4 aromatic rings. The van der Waals surface area contributed by atoms with Crippen molar-refractivity contribution < 1.29 is 46.1 Å². The predicted molar refractivity (Wildman–Crippen MR) is 168 cm³/mol. The van der Waals surface area contributed by atoms with Gasteiger partial charge in [0, 0.05) is 41.3 Å². The molecular formula is C35H31F5N2O5S. The SMILES string of the molecule is CC(=O)Nc1ccc(SC[C@H]2O[C@@H](c3ccc(CNC(=O)c4c(F)c(F)c(F)c(F)c4F)cc3)O[C@@H](c3ccc(CO)cc3)[C@H]2C)cc1. The number of anilines is 1. The van der Waals surface area contributed by atoms with Crippen LogP contribution in [-0.4, -0.2) is 28.8 Å². The molecule has 13 heteroatoms. The van der Waals surface area contributed by atoms with E-state index in [0.717, 1.165) is 16.0 Å². The van der Waals surface area contributed by atoms with E-state index in [1.165, 1.54) is 6.92 Å². The van der Waals surface area contributed by atoms with Crippen LogP contribution in [0.2, 0.25) is 0 Å². The zero-order chi connectivity index (χ0) is 34.5. The fraction of sp³-hybridized carbons (Fsp3) is 0.257. The third-order valence-corrected chi connectivity index (χ3v) is 8.95. The lowest BCUT2D eigenvalue weighted by Crippen LogP contribution is -2.38. The minimum Gasteiger partial charge on any atom is -0.392 e. The van der Waals surface area contributed by atoms with E-state index >= 15 is 0 Å². The van der Waals surface area contributed by atoms with Crippen molar-refractivity contribution in [1.29, 1.82) is 0 Å². The number of rotatable bonds is 10. The minimum atomic E-state index is -2.35. The van der Waals surface area contributed by atoms with Crippen molar-refractivity contribution in [3.05, 3.63) is 130 Å². The summed E-state index contributed by atoms with van der Waals surface area (Å²) in [5.41, 5.74) is 1.90. The molecule has 1 aliphatic rings. The first-order valence-corrected chi connectivity index (χ1v) is 15.8. The van der Waals surface area contributed by atoms with E-state index < -0.39 is 46.8 Å². The lowest BCUT2D eigenvalue weighted by atomic mass is 9.91. The number of aliphatic hydroxyl groups excluding tert-OH is 1. The Kier molecular flexibility index (Phi) is 11.2. The molecule has 7 nitrogen and oxygen atoms in total. The first-order chi connectivity index (χ1) is 23.0. The topological polar surface area (TPSA) is 96.9 Å². The van der Waals surface area contributed by atoms with E-state index in [4.69, 9.17) is 9.47 Å². The molecule has 0 radical (unpaired) electrons. The number of ether oxygens (including phenoxy) is 2. The number of carbonyl (C=O) groups excluding carboxylic acids is 2. The van der Waals surface area contributed by atoms with Gasteiger partial charge in [-0.15, -0.1) is 11.8 Å². The lowest BCUT2D eigenvalue weighted by molar-refractivity contribution is -0.268. The van der Waals surface area contributed by atoms with Gasteiger partial charge in [0.1, 0.15) is 5.56 Å². The Morgan fingerprint density at radius 3 is 1.92 bits per heavy atom. The van der Waals surface area contributed by atoms with Crippen molar-refractivity contribution in [1.82, 2.24) is 5.32 Å². The summed E-state index contributed by atoms with van der Waals surface area (Å²) < 4.78 is 81.5. The summed E-state index contributed by atoms with van der Waals surface area (Å²) in [4.78, 5) is 24.7. The van der Waals surface area contributed by atoms with E-state index in [9.17, 15) is 36.6 Å². The van der Waals surface area contributed by atoms with Crippen LogP contribution in [0.5, 0.6) is 0 Å². The molecule has 5 rings (SSSR count). The first-order valence-electron chi connectivity index (χ1n) is 14.9. The summed E-state index contributed by atoms with van der Waals surface area (Å²) in [5, 5.41) is 14.4. The summed E-state index contributed by atoms with van der Waals surface area (Å²) in [7, 11) is 0. The highest BCUT2D eigenvalue weighted by molar-refractivity contribution is 7.99. The van der Waals surface area contributed by atoms with Gasteiger partial charge >= 0.3 is 0 Å². The maximum Gasteiger partial charge on any atom is 0.257 e. The third kappa shape index (κ3) is 7.87. The summed E-state index contributed by atoms with van der Waals surface area (Å²) >= 11 is 1.59. The highest BCUT2D eigenvalue weighted by Crippen LogP contribution is 2.43. The molecule has 0 aliphatic carbocycles. The molecule has 3 N–H and O–H groups in total. The molecule has 0 spiro atoms. The van der Waals surface area contributed by atoms with Crippen molar-refractivity contribution in [2.75, 3.05) is 11.1 Å². The Bertz CT molecular complexity index is 1750. The van der Waals surface area contributed by atoms with Crippen LogP contribution in [-0.2, 0) is 27.4 Å². The number of hydrogen-bond acceptors (Lipinski definition) is 6. The average Bonchev–Trinajstić information content (AvgIpc) is 3.09. The monoisotopic (exact) mass is 686 g/mol. The van der Waals surface area contributed by atoms with Crippen LogP contribution in [0.1, 0.15) is 58.9 Å². The second-order valence-electron chi connectivity index (χ2n) is 11.2. The third-order valence-electron chi connectivity index (χ3n) is 7.85. The van der Waals surface area contributed by atoms with Crippen molar-refractivity contribution in [2.45, 2.75) is 50.4 Å². The van der Waals surface area contributed by atoms with E-state index in [0.29, 0.717) is 22.6 Å². The number of carbonyl (C=O) groups is 2. The van der Waals surface area contributed by atoms with Crippen LogP contribution < -0.4 is 10.6 Å². The molecule has 0 unspecified atom stereocenters. The molecule has 4 aromatic carbocycles. The van der Waals surface area contributed by atoms with Gasteiger partial charge in [-0.3, -0.25) is 9.59 Å². The highest BCUT2D eigenvalue weighted by atomic mass is 32.2. The zero-order valence-electron chi connectivity index (χ0n) is 25.7. The van der Waals surface area contributed by atoms with Gasteiger partial charge in [-0.25, -0.2) is 22.0 Å². The maximum atomic E-state index is 14.1. The van der Waals surface area contributed by atoms with Crippen molar-refractivity contribution in [3.8, 4) is 0 Å². The quantitative estimate of drug-likeness (QED) is 0.0699. The number of aliphatic hydroxyl groups is 1. The number of thioether (sulfide) groups is 1. The fourth-order valence-electron chi connectivity index (χ4n) is 5.19. The van der Waals surface area contributed by atoms with Crippen molar-refractivity contribution in [2.24, 2.45) is 5.92 Å². The summed E-state index contributed by atoms with van der Waals surface area (Å²) in [6.45, 7) is 3.11. The Labute approximate surface area is 277 Å². The fourth-order valence-corrected chi connectivity index (χ4v) is 6.26. The Morgan fingerprint density at radius 2 is 1.33 bits per heavy atom. The van der Waals surface area contributed by atoms with Gasteiger partial charge in [0.2, 0.25) is 11.7 Å². The van der Waals surface area contributed by atoms with E-state index in [1.54, 1.807) is 36.0 Å². The summed E-state index contributed by atoms with van der Waals surface area (Å²) in [6.07, 6.45) is -1.44. The molecule has 48 heavy (non-hydrogen) atoms. The summed E-state index contributed by atoms with van der Waals surface area (Å²) in [5.74, 6) is -12.3. The van der Waals surface area contributed by atoms with Gasteiger partial charge in [-0.2, -0.15) is 0 Å². The zero-order valence-corrected chi connectivity index (χ0v) is 26.6. The normalized spacial score (nSPS) is 19.2. The van der Waals surface area contributed by atoms with Gasteiger partial charge in [0.15, 0.2) is 29.6 Å². The van der Waals surface area contributed by atoms with Crippen LogP contribution in [0, 0.1) is 35.0 Å². The van der Waals surface area contributed by atoms with Crippen LogP contribution >= 0.6 is 11.8 Å². The molecule has 0 aromatic heterocycles. The molecule has 0 bridgehead atoms. The van der Waals surface area contributed by atoms with Crippen LogP contribution in [0.25, 0.3) is 0 Å². The number of hydrogen-bond donors (Lipinski definition) is 3. The molecule has 0 saturated carbocycles. The number of halogens is 5. The highest BCUT2D eigenvalue weighted by Gasteiger charge is 2.38. The lowest BCUT2D eigenvalue weighted by Gasteiger charge is -2.41. The largest absolute Gasteiger partial charge is 0.392 e. The van der Waals surface area contributed by atoms with E-state index in [-0.39, 0.29) is 37.2 Å². The van der Waals surface area contributed by atoms with E-state index in [2.05, 4.69) is 10.6 Å². The molecule has 1 aliphatic heterocycles. The Hall–Kier alpha value is -4.30. The first kappa shape index (κ1) is 35.0. The van der Waals surface area contributed by atoms with Crippen LogP contribution in [0.15, 0.2) is 77.7 Å². The van der Waals surface area contributed by atoms with Crippen molar-refractivity contribution in [3.63, 3.8) is 0 Å². The van der Waals surface area contributed by atoms with Gasteiger partial charge < -0.3 is 25.2 Å². The molecule has 2 amide bonds. The number of nitrogens with one attached hydrogen (secondary N) is 2. The van der Waals surface area contributed by atoms with Crippen molar-refractivity contribution >= 4 is 29.3 Å². The minimum absolute atomic E-state index is 0.0798. The molecule has 4 atom stereocenters. The van der Waals surface area contributed by atoms with Crippen LogP contribution in [0.4, 0.5) is 27.6 Å². The Morgan fingerprint density at radius 1 is 0.771 bits per heavy atom. The number of benzene rings is 4. The molecule has 1 heterocycles. The van der Waals surface area contributed by atoms with Gasteiger partial charge in [-0.05, 0) is 41.0 Å². The average molecular weight is 687 g/mol. The number of amides is 2.